The highest BCUT2D eigenvalue weighted by Gasteiger charge is 2.28. The summed E-state index contributed by atoms with van der Waals surface area (Å²) in [5, 5.41) is 9.73. The molecule has 0 saturated heterocycles. The first-order valence-corrected chi connectivity index (χ1v) is 12.1. The van der Waals surface area contributed by atoms with Crippen LogP contribution in [0.5, 0.6) is 0 Å². The third-order valence-corrected chi connectivity index (χ3v) is 5.61. The van der Waals surface area contributed by atoms with Crippen molar-refractivity contribution in [3.63, 3.8) is 0 Å². The fourth-order valence-corrected chi connectivity index (χ4v) is 3.42. The third kappa shape index (κ3) is 17.7. The predicted octanol–water partition coefficient (Wildman–Crippen LogP) is 7.38. The van der Waals surface area contributed by atoms with Gasteiger partial charge in [0.2, 0.25) is 0 Å². The van der Waals surface area contributed by atoms with Crippen LogP contribution in [0, 0.1) is 0 Å². The minimum absolute atomic E-state index is 0.183. The summed E-state index contributed by atoms with van der Waals surface area (Å²) in [6, 6.07) is 0. The number of carbonyl (C=O) groups is 1. The summed E-state index contributed by atoms with van der Waals surface area (Å²) in [6.45, 7) is 9.92. The maximum Gasteiger partial charge on any atom is 0.164 e. The molecule has 0 aliphatic carbocycles. The summed E-state index contributed by atoms with van der Waals surface area (Å²) in [7, 11) is 0. The van der Waals surface area contributed by atoms with E-state index in [1.807, 2.05) is 13.8 Å². The van der Waals surface area contributed by atoms with Crippen LogP contribution in [-0.4, -0.2) is 28.7 Å². The Morgan fingerprint density at radius 3 is 1.50 bits per heavy atom. The Bertz CT molecular complexity index is 368. The Balaban J connectivity index is 3.48. The van der Waals surface area contributed by atoms with Gasteiger partial charge >= 0.3 is 0 Å². The molecule has 0 amide bonds. The molecule has 28 heavy (non-hydrogen) atoms. The number of ketones is 1. The van der Waals surface area contributed by atoms with Gasteiger partial charge in [0, 0.05) is 6.42 Å². The van der Waals surface area contributed by atoms with Gasteiger partial charge in [-0.1, -0.05) is 90.4 Å². The van der Waals surface area contributed by atoms with E-state index in [1.54, 1.807) is 13.8 Å². The van der Waals surface area contributed by atoms with Gasteiger partial charge < -0.3 is 9.84 Å². The predicted molar refractivity (Wildman–Crippen MR) is 121 cm³/mol. The first-order valence-electron chi connectivity index (χ1n) is 12.1. The second kappa shape index (κ2) is 16.4. The van der Waals surface area contributed by atoms with Crippen molar-refractivity contribution < 1.29 is 14.6 Å². The van der Waals surface area contributed by atoms with E-state index < -0.39 is 11.2 Å². The van der Waals surface area contributed by atoms with Crippen molar-refractivity contribution in [2.45, 2.75) is 149 Å². The largest absolute Gasteiger partial charge is 0.390 e. The van der Waals surface area contributed by atoms with Gasteiger partial charge in [-0.15, -0.1) is 0 Å². The number of rotatable bonds is 20. The van der Waals surface area contributed by atoms with Crippen LogP contribution in [0.2, 0.25) is 0 Å². The molecule has 0 aromatic carbocycles. The molecule has 0 fully saturated rings. The van der Waals surface area contributed by atoms with Crippen LogP contribution < -0.4 is 0 Å². The van der Waals surface area contributed by atoms with Crippen LogP contribution in [0.15, 0.2) is 0 Å². The summed E-state index contributed by atoms with van der Waals surface area (Å²) in [4.78, 5) is 12.4. The van der Waals surface area contributed by atoms with Crippen LogP contribution in [0.1, 0.15) is 137 Å². The van der Waals surface area contributed by atoms with E-state index in [0.29, 0.717) is 19.4 Å². The van der Waals surface area contributed by atoms with Gasteiger partial charge in [-0.3, -0.25) is 4.79 Å². The lowest BCUT2D eigenvalue weighted by molar-refractivity contribution is -0.142. The van der Waals surface area contributed by atoms with Gasteiger partial charge in [0.05, 0.1) is 12.2 Å². The monoisotopic (exact) mass is 398 g/mol. The Morgan fingerprint density at radius 2 is 1.11 bits per heavy atom. The molecule has 0 atom stereocenters. The molecule has 0 unspecified atom stereocenters. The van der Waals surface area contributed by atoms with Crippen LogP contribution in [0.25, 0.3) is 0 Å². The highest BCUT2D eigenvalue weighted by Crippen LogP contribution is 2.19. The zero-order valence-corrected chi connectivity index (χ0v) is 19.8. The van der Waals surface area contributed by atoms with Crippen molar-refractivity contribution in [1.82, 2.24) is 0 Å². The molecule has 168 valence electrons. The highest BCUT2D eigenvalue weighted by molar-refractivity contribution is 5.86. The molecule has 3 nitrogen and oxygen atoms in total. The Labute approximate surface area is 176 Å². The van der Waals surface area contributed by atoms with Crippen molar-refractivity contribution in [3.8, 4) is 0 Å². The number of aliphatic hydroxyl groups is 1. The lowest BCUT2D eigenvalue weighted by atomic mass is 9.97. The summed E-state index contributed by atoms with van der Waals surface area (Å²) in [5.74, 6) is 0.183. The summed E-state index contributed by atoms with van der Waals surface area (Å²) < 4.78 is 5.73. The van der Waals surface area contributed by atoms with Crippen molar-refractivity contribution in [3.05, 3.63) is 0 Å². The first-order chi connectivity index (χ1) is 13.2. The molecule has 0 saturated carbocycles. The quantitative estimate of drug-likeness (QED) is 0.218. The topological polar surface area (TPSA) is 46.5 Å². The van der Waals surface area contributed by atoms with E-state index in [1.165, 1.54) is 77.0 Å². The fourth-order valence-electron chi connectivity index (χ4n) is 3.42. The van der Waals surface area contributed by atoms with E-state index in [4.69, 9.17) is 4.74 Å². The van der Waals surface area contributed by atoms with E-state index in [2.05, 4.69) is 6.92 Å². The van der Waals surface area contributed by atoms with Crippen LogP contribution in [0.3, 0.4) is 0 Å². The molecule has 0 rings (SSSR count). The lowest BCUT2D eigenvalue weighted by Gasteiger charge is -2.26. The molecule has 3 heteroatoms. The van der Waals surface area contributed by atoms with Crippen molar-refractivity contribution in [2.24, 2.45) is 0 Å². The second-order valence-electron chi connectivity index (χ2n) is 9.69. The van der Waals surface area contributed by atoms with Crippen LogP contribution in [0.4, 0.5) is 0 Å². The molecule has 0 spiro atoms. The minimum Gasteiger partial charge on any atom is -0.390 e. The molecule has 0 heterocycles. The summed E-state index contributed by atoms with van der Waals surface area (Å²) >= 11 is 0. The zero-order valence-electron chi connectivity index (χ0n) is 19.8. The standard InChI is InChI=1S/C25H50O3/c1-6-7-8-9-10-11-12-13-14-15-16-17-18-19-20-23(26)25(4,5)28-22-21-24(2,3)27/h27H,6-22H2,1-5H3. The van der Waals surface area contributed by atoms with E-state index in [0.717, 1.165) is 12.8 Å². The number of unbranched alkanes of at least 4 members (excludes halogenated alkanes) is 13. The smallest absolute Gasteiger partial charge is 0.164 e. The molecule has 0 aliphatic rings. The number of carbonyl (C=O) groups excluding carboxylic acids is 1. The Hall–Kier alpha value is -0.410. The van der Waals surface area contributed by atoms with Gasteiger partial charge in [-0.2, -0.15) is 0 Å². The molecule has 0 aliphatic heterocycles. The Morgan fingerprint density at radius 1 is 0.714 bits per heavy atom. The van der Waals surface area contributed by atoms with Crippen LogP contribution in [-0.2, 0) is 9.53 Å². The number of Topliss-reactive ketones (excluding diaryl/α,β-unsaturated/α-hetero) is 1. The van der Waals surface area contributed by atoms with Gasteiger partial charge in [-0.05, 0) is 40.5 Å². The zero-order chi connectivity index (χ0) is 21.3. The molecule has 0 bridgehead atoms. The van der Waals surface area contributed by atoms with E-state index in [9.17, 15) is 9.90 Å². The fraction of sp³-hybridized carbons (Fsp3) is 0.960. The first kappa shape index (κ1) is 27.6. The maximum absolute atomic E-state index is 12.4. The van der Waals surface area contributed by atoms with Gasteiger partial charge in [-0.25, -0.2) is 0 Å². The molecule has 1 N–H and O–H groups in total. The van der Waals surface area contributed by atoms with Crippen molar-refractivity contribution in [1.29, 1.82) is 0 Å². The maximum atomic E-state index is 12.4. The molecular weight excluding hydrogens is 348 g/mol. The third-order valence-electron chi connectivity index (χ3n) is 5.61. The Kier molecular flexibility index (Phi) is 16.2. The average molecular weight is 399 g/mol. The summed E-state index contributed by atoms with van der Waals surface area (Å²) in [5.41, 5.74) is -1.48. The number of hydrogen-bond donors (Lipinski definition) is 1. The second-order valence-corrected chi connectivity index (χ2v) is 9.69. The van der Waals surface area contributed by atoms with E-state index in [-0.39, 0.29) is 5.78 Å². The molecular formula is C25H50O3. The SMILES string of the molecule is CCCCCCCCCCCCCCCCC(=O)C(C)(C)OCCC(C)(C)O. The molecule has 0 aromatic heterocycles. The molecule has 0 aromatic rings. The van der Waals surface area contributed by atoms with Crippen LogP contribution >= 0.6 is 0 Å². The highest BCUT2D eigenvalue weighted by atomic mass is 16.5. The summed E-state index contributed by atoms with van der Waals surface area (Å²) in [6.07, 6.45) is 19.7. The van der Waals surface area contributed by atoms with E-state index >= 15 is 0 Å². The van der Waals surface area contributed by atoms with Gasteiger partial charge in [0.15, 0.2) is 5.78 Å². The van der Waals surface area contributed by atoms with Gasteiger partial charge in [0.25, 0.3) is 0 Å². The minimum atomic E-state index is -0.742. The normalized spacial score (nSPS) is 12.5. The van der Waals surface area contributed by atoms with Gasteiger partial charge in [0.1, 0.15) is 5.60 Å². The average Bonchev–Trinajstić information content (AvgIpc) is 2.60. The molecule has 0 radical (unpaired) electrons. The number of ether oxygens (including phenoxy) is 1. The number of hydrogen-bond acceptors (Lipinski definition) is 3. The van der Waals surface area contributed by atoms with Crippen molar-refractivity contribution in [2.75, 3.05) is 6.61 Å². The van der Waals surface area contributed by atoms with Crippen molar-refractivity contribution >= 4 is 5.78 Å². The lowest BCUT2D eigenvalue weighted by Crippen LogP contribution is -2.36.